The van der Waals surface area contributed by atoms with Gasteiger partial charge in [-0.05, 0) is 45.0 Å². The van der Waals surface area contributed by atoms with Crippen LogP contribution in [-0.4, -0.2) is 24.2 Å². The van der Waals surface area contributed by atoms with E-state index in [1.807, 2.05) is 20.8 Å². The lowest BCUT2D eigenvalue weighted by Crippen LogP contribution is -2.26. The summed E-state index contributed by atoms with van der Waals surface area (Å²) in [6, 6.07) is 6.19. The lowest BCUT2D eigenvalue weighted by atomic mass is 10.1. The molecule has 0 radical (unpaired) electrons. The highest BCUT2D eigenvalue weighted by atomic mass is 35.5. The minimum atomic E-state index is -3.68. The summed E-state index contributed by atoms with van der Waals surface area (Å²) in [5, 5.41) is 10.9. The third-order valence-corrected chi connectivity index (χ3v) is 5.30. The Morgan fingerprint density at radius 2 is 1.71 bits per heavy atom. The van der Waals surface area contributed by atoms with Crippen LogP contribution in [0.1, 0.15) is 20.8 Å². The monoisotopic (exact) mass is 346 g/mol. The van der Waals surface area contributed by atoms with E-state index in [2.05, 4.69) is 20.2 Å². The second kappa shape index (κ2) is 5.78. The molecule has 0 aliphatic heterocycles. The summed E-state index contributed by atoms with van der Waals surface area (Å²) >= 11 is 6.72. The predicted molar refractivity (Wildman–Crippen MR) is 85.5 cm³/mol. The first-order valence-corrected chi connectivity index (χ1v) is 8.74. The molecule has 0 fully saturated rings. The standard InChI is InChI=1S/C12H15ClN4O2S2/c1-12(2,3)14-9-5-6-10(16-15-9)17-21(18,19)11-7-4-8(13)20-11/h4-7H,1-3H3,(H,14,15)(H,16,17). The zero-order chi connectivity index (χ0) is 15.7. The average molecular weight is 347 g/mol. The molecule has 2 rings (SSSR count). The van der Waals surface area contributed by atoms with Gasteiger partial charge in [-0.15, -0.1) is 21.5 Å². The number of sulfonamides is 1. The lowest BCUT2D eigenvalue weighted by molar-refractivity contribution is 0.602. The van der Waals surface area contributed by atoms with Crippen LogP contribution in [0.3, 0.4) is 0 Å². The summed E-state index contributed by atoms with van der Waals surface area (Å²) in [5.41, 5.74) is -0.149. The summed E-state index contributed by atoms with van der Waals surface area (Å²) in [6.45, 7) is 5.98. The van der Waals surface area contributed by atoms with Crippen molar-refractivity contribution < 1.29 is 8.42 Å². The van der Waals surface area contributed by atoms with Gasteiger partial charge in [-0.1, -0.05) is 11.6 Å². The Labute approximate surface area is 132 Å². The molecule has 0 aromatic carbocycles. The minimum absolute atomic E-state index is 0.131. The van der Waals surface area contributed by atoms with Crippen LogP contribution in [0.5, 0.6) is 0 Å². The van der Waals surface area contributed by atoms with Crippen LogP contribution in [0.4, 0.5) is 11.6 Å². The normalized spacial score (nSPS) is 12.2. The van der Waals surface area contributed by atoms with Gasteiger partial charge in [0.1, 0.15) is 10.0 Å². The Kier molecular flexibility index (Phi) is 4.40. The van der Waals surface area contributed by atoms with Crippen molar-refractivity contribution in [2.24, 2.45) is 0 Å². The largest absolute Gasteiger partial charge is 0.364 e. The third-order valence-electron chi connectivity index (χ3n) is 2.22. The van der Waals surface area contributed by atoms with Crippen molar-refractivity contribution in [3.63, 3.8) is 0 Å². The summed E-state index contributed by atoms with van der Waals surface area (Å²) in [6.07, 6.45) is 0. The molecular weight excluding hydrogens is 332 g/mol. The van der Waals surface area contributed by atoms with E-state index < -0.39 is 10.0 Å². The van der Waals surface area contributed by atoms with Gasteiger partial charge in [0.15, 0.2) is 5.82 Å². The van der Waals surface area contributed by atoms with E-state index in [1.165, 1.54) is 12.1 Å². The van der Waals surface area contributed by atoms with Crippen LogP contribution in [0, 0.1) is 0 Å². The summed E-state index contributed by atoms with van der Waals surface area (Å²) in [7, 11) is -3.68. The molecule has 21 heavy (non-hydrogen) atoms. The second-order valence-electron chi connectivity index (χ2n) is 5.34. The molecule has 0 unspecified atom stereocenters. The van der Waals surface area contributed by atoms with Gasteiger partial charge in [-0.3, -0.25) is 4.72 Å². The number of nitrogens with one attached hydrogen (secondary N) is 2. The highest BCUT2D eigenvalue weighted by Crippen LogP contribution is 2.26. The fraction of sp³-hybridized carbons (Fsp3) is 0.333. The van der Waals surface area contributed by atoms with E-state index in [9.17, 15) is 8.42 Å². The Balaban J connectivity index is 2.13. The molecule has 0 saturated heterocycles. The first-order valence-electron chi connectivity index (χ1n) is 6.06. The van der Waals surface area contributed by atoms with E-state index in [0.717, 1.165) is 11.3 Å². The van der Waals surface area contributed by atoms with E-state index in [1.54, 1.807) is 12.1 Å². The second-order valence-corrected chi connectivity index (χ2v) is 8.97. The summed E-state index contributed by atoms with van der Waals surface area (Å²) in [4.78, 5) is 0. The summed E-state index contributed by atoms with van der Waals surface area (Å²) < 4.78 is 27.1. The van der Waals surface area contributed by atoms with Crippen LogP contribution in [0.15, 0.2) is 28.5 Å². The minimum Gasteiger partial charge on any atom is -0.364 e. The smallest absolute Gasteiger partial charge is 0.272 e. The molecule has 0 atom stereocenters. The fourth-order valence-electron chi connectivity index (χ4n) is 1.47. The Morgan fingerprint density at radius 1 is 1.10 bits per heavy atom. The average Bonchev–Trinajstić information content (AvgIpc) is 2.77. The first-order chi connectivity index (χ1) is 9.66. The van der Waals surface area contributed by atoms with Crippen LogP contribution in [0.2, 0.25) is 4.34 Å². The molecule has 2 heterocycles. The molecule has 0 bridgehead atoms. The van der Waals surface area contributed by atoms with E-state index in [4.69, 9.17) is 11.6 Å². The molecule has 114 valence electrons. The maximum atomic E-state index is 12.1. The Bertz CT molecular complexity index is 720. The maximum Gasteiger partial charge on any atom is 0.272 e. The van der Waals surface area contributed by atoms with Crippen molar-refractivity contribution in [1.29, 1.82) is 0 Å². The fourth-order valence-corrected chi connectivity index (χ4v) is 3.95. The van der Waals surface area contributed by atoms with Crippen molar-refractivity contribution in [3.8, 4) is 0 Å². The third kappa shape index (κ3) is 4.55. The van der Waals surface area contributed by atoms with E-state index >= 15 is 0 Å². The molecule has 0 amide bonds. The molecule has 9 heteroatoms. The zero-order valence-corrected chi connectivity index (χ0v) is 14.1. The highest BCUT2D eigenvalue weighted by Gasteiger charge is 2.18. The Hall–Kier alpha value is -1.38. The van der Waals surface area contributed by atoms with Crippen LogP contribution >= 0.6 is 22.9 Å². The molecule has 0 spiro atoms. The highest BCUT2D eigenvalue weighted by molar-refractivity contribution is 7.94. The van der Waals surface area contributed by atoms with Gasteiger partial charge in [-0.25, -0.2) is 8.42 Å². The van der Waals surface area contributed by atoms with Gasteiger partial charge in [-0.2, -0.15) is 0 Å². The van der Waals surface area contributed by atoms with Crippen LogP contribution < -0.4 is 10.0 Å². The van der Waals surface area contributed by atoms with Gasteiger partial charge < -0.3 is 5.32 Å². The molecule has 6 nitrogen and oxygen atoms in total. The number of rotatable bonds is 4. The Morgan fingerprint density at radius 3 is 2.19 bits per heavy atom. The van der Waals surface area contributed by atoms with Gasteiger partial charge in [0.2, 0.25) is 0 Å². The number of aromatic nitrogens is 2. The van der Waals surface area contributed by atoms with Crippen LogP contribution in [0.25, 0.3) is 0 Å². The molecular formula is C12H15ClN4O2S2. The molecule has 2 N–H and O–H groups in total. The zero-order valence-electron chi connectivity index (χ0n) is 11.7. The van der Waals surface area contributed by atoms with E-state index in [-0.39, 0.29) is 15.6 Å². The molecule has 2 aromatic rings. The molecule has 2 aromatic heterocycles. The van der Waals surface area contributed by atoms with Crippen molar-refractivity contribution >= 4 is 44.6 Å². The lowest BCUT2D eigenvalue weighted by Gasteiger charge is -2.20. The van der Waals surface area contributed by atoms with Crippen molar-refractivity contribution in [1.82, 2.24) is 10.2 Å². The predicted octanol–water partition coefficient (Wildman–Crippen LogP) is 3.20. The van der Waals surface area contributed by atoms with Crippen molar-refractivity contribution in [2.75, 3.05) is 10.0 Å². The maximum absolute atomic E-state index is 12.1. The van der Waals surface area contributed by atoms with Crippen LogP contribution in [-0.2, 0) is 10.0 Å². The van der Waals surface area contributed by atoms with Gasteiger partial charge >= 0.3 is 0 Å². The number of halogens is 1. The van der Waals surface area contributed by atoms with Gasteiger partial charge in [0.25, 0.3) is 10.0 Å². The van der Waals surface area contributed by atoms with Crippen molar-refractivity contribution in [3.05, 3.63) is 28.6 Å². The molecule has 0 aliphatic carbocycles. The number of hydrogen-bond acceptors (Lipinski definition) is 6. The topological polar surface area (TPSA) is 84.0 Å². The number of hydrogen-bond donors (Lipinski definition) is 2. The molecule has 0 aliphatic rings. The quantitative estimate of drug-likeness (QED) is 0.888. The van der Waals surface area contributed by atoms with Gasteiger partial charge in [0.05, 0.1) is 4.34 Å². The number of anilines is 2. The summed E-state index contributed by atoms with van der Waals surface area (Å²) in [5.74, 6) is 0.726. The van der Waals surface area contributed by atoms with Gasteiger partial charge in [0, 0.05) is 5.54 Å². The number of nitrogens with zero attached hydrogens (tertiary/aromatic N) is 2. The van der Waals surface area contributed by atoms with E-state index in [0.29, 0.717) is 10.2 Å². The SMILES string of the molecule is CC(C)(C)Nc1ccc(NS(=O)(=O)c2ccc(Cl)s2)nn1. The first kappa shape index (κ1) is 16.0. The number of thiophene rings is 1. The van der Waals surface area contributed by atoms with Crippen molar-refractivity contribution in [2.45, 2.75) is 30.5 Å². The molecule has 0 saturated carbocycles.